The third-order valence-electron chi connectivity index (χ3n) is 3.76. The van der Waals surface area contributed by atoms with Gasteiger partial charge in [-0.25, -0.2) is 0 Å². The van der Waals surface area contributed by atoms with Gasteiger partial charge in [0.05, 0.1) is 11.4 Å². The van der Waals surface area contributed by atoms with E-state index < -0.39 is 0 Å². The number of benzene rings is 2. The third-order valence-corrected chi connectivity index (χ3v) is 6.28. The summed E-state index contributed by atoms with van der Waals surface area (Å²) in [6.07, 6.45) is 0. The van der Waals surface area contributed by atoms with Crippen LogP contribution in [0.4, 0.5) is 0 Å². The van der Waals surface area contributed by atoms with E-state index in [-0.39, 0.29) is 5.78 Å². The van der Waals surface area contributed by atoms with Gasteiger partial charge < -0.3 is 0 Å². The van der Waals surface area contributed by atoms with Crippen molar-refractivity contribution in [1.29, 1.82) is 0 Å². The number of carbonyl (C=O) groups excluding carboxylic acids is 1. The first-order valence-electron chi connectivity index (χ1n) is 7.62. The average molecular weight is 465 g/mol. The molecule has 4 rings (SSSR count). The molecule has 130 valence electrons. The normalized spacial score (nSPS) is 11.2. The number of thiazole rings is 1. The molecule has 0 spiro atoms. The van der Waals surface area contributed by atoms with Crippen molar-refractivity contribution >= 4 is 61.4 Å². The lowest BCUT2D eigenvalue weighted by Crippen LogP contribution is -2.03. The van der Waals surface area contributed by atoms with Crippen LogP contribution >= 0.6 is 50.6 Å². The molecule has 0 aliphatic heterocycles. The fourth-order valence-electron chi connectivity index (χ4n) is 2.46. The van der Waals surface area contributed by atoms with Crippen molar-refractivity contribution in [3.63, 3.8) is 0 Å². The summed E-state index contributed by atoms with van der Waals surface area (Å²) in [5.74, 6) is 0.362. The number of Topliss-reactive ketones (excluding diaryl/α,β-unsaturated/α-hetero) is 1. The van der Waals surface area contributed by atoms with Gasteiger partial charge in [0, 0.05) is 20.4 Å². The molecule has 0 bridgehead atoms. The summed E-state index contributed by atoms with van der Waals surface area (Å²) in [5, 5.41) is 11.9. The van der Waals surface area contributed by atoms with Crippen LogP contribution in [0.25, 0.3) is 16.2 Å². The van der Waals surface area contributed by atoms with Crippen LogP contribution in [0.15, 0.2) is 63.5 Å². The lowest BCUT2D eigenvalue weighted by Gasteiger charge is -2.04. The number of hydrogen-bond donors (Lipinski definition) is 0. The van der Waals surface area contributed by atoms with Crippen molar-refractivity contribution < 1.29 is 4.79 Å². The minimum atomic E-state index is 0.0579. The van der Waals surface area contributed by atoms with E-state index in [0.29, 0.717) is 21.5 Å². The summed E-state index contributed by atoms with van der Waals surface area (Å²) in [5.41, 5.74) is 2.71. The zero-order valence-corrected chi connectivity index (χ0v) is 17.2. The van der Waals surface area contributed by atoms with Gasteiger partial charge in [-0.15, -0.1) is 21.5 Å². The molecule has 0 saturated heterocycles. The van der Waals surface area contributed by atoms with E-state index in [0.717, 1.165) is 20.7 Å². The van der Waals surface area contributed by atoms with E-state index in [1.807, 2.05) is 58.3 Å². The van der Waals surface area contributed by atoms with Crippen LogP contribution in [-0.4, -0.2) is 26.1 Å². The summed E-state index contributed by atoms with van der Waals surface area (Å²) < 4.78 is 2.93. The number of hydrogen-bond acceptors (Lipinski definition) is 5. The Morgan fingerprint density at radius 3 is 2.58 bits per heavy atom. The molecule has 26 heavy (non-hydrogen) atoms. The summed E-state index contributed by atoms with van der Waals surface area (Å²) in [6.45, 7) is 0. The van der Waals surface area contributed by atoms with Crippen LogP contribution in [0.1, 0.15) is 10.4 Å². The largest absolute Gasteiger partial charge is 0.293 e. The zero-order valence-electron chi connectivity index (χ0n) is 13.2. The highest BCUT2D eigenvalue weighted by Gasteiger charge is 2.16. The molecule has 2 aromatic heterocycles. The summed E-state index contributed by atoms with van der Waals surface area (Å²) in [4.78, 5) is 13.2. The molecule has 0 atom stereocenters. The molecular formula is C18H11BrClN3OS2. The topological polar surface area (TPSA) is 47.3 Å². The van der Waals surface area contributed by atoms with Crippen molar-refractivity contribution in [2.75, 3.05) is 5.75 Å². The number of rotatable bonds is 5. The standard InChI is InChI=1S/C18H11BrClN3OS2/c19-13-5-1-12(2-6-13)16(24)10-26-18-22-21-17-23(18)15(9-25-17)11-3-7-14(20)8-4-11/h1-9H,10H2. The van der Waals surface area contributed by atoms with Crippen molar-refractivity contribution in [2.24, 2.45) is 0 Å². The molecule has 0 radical (unpaired) electrons. The number of aromatic nitrogens is 3. The van der Waals surface area contributed by atoms with Crippen LogP contribution in [0.5, 0.6) is 0 Å². The van der Waals surface area contributed by atoms with Gasteiger partial charge >= 0.3 is 0 Å². The second-order valence-electron chi connectivity index (χ2n) is 5.45. The minimum absolute atomic E-state index is 0.0579. The lowest BCUT2D eigenvalue weighted by atomic mass is 10.2. The summed E-state index contributed by atoms with van der Waals surface area (Å²) in [6, 6.07) is 15.0. The Bertz CT molecular complexity index is 1070. The maximum Gasteiger partial charge on any atom is 0.217 e. The number of thioether (sulfide) groups is 1. The smallest absolute Gasteiger partial charge is 0.217 e. The SMILES string of the molecule is O=C(CSc1nnc2scc(-c3ccc(Cl)cc3)n12)c1ccc(Br)cc1. The van der Waals surface area contributed by atoms with Crippen LogP contribution < -0.4 is 0 Å². The predicted molar refractivity (Wildman–Crippen MR) is 111 cm³/mol. The highest BCUT2D eigenvalue weighted by Crippen LogP contribution is 2.30. The van der Waals surface area contributed by atoms with Gasteiger partial charge in [0.15, 0.2) is 10.9 Å². The maximum atomic E-state index is 12.4. The Labute approximate surface area is 171 Å². The molecule has 0 saturated carbocycles. The maximum absolute atomic E-state index is 12.4. The van der Waals surface area contributed by atoms with Crippen molar-refractivity contribution in [3.8, 4) is 11.3 Å². The number of fused-ring (bicyclic) bond motifs is 1. The molecule has 0 unspecified atom stereocenters. The molecule has 0 fully saturated rings. The zero-order chi connectivity index (χ0) is 18.1. The van der Waals surface area contributed by atoms with E-state index in [9.17, 15) is 4.79 Å². The van der Waals surface area contributed by atoms with Gasteiger partial charge in [0.1, 0.15) is 0 Å². The first-order chi connectivity index (χ1) is 12.6. The van der Waals surface area contributed by atoms with Gasteiger partial charge in [-0.05, 0) is 29.8 Å². The predicted octanol–water partition coefficient (Wildman–Crippen LogP) is 5.85. The summed E-state index contributed by atoms with van der Waals surface area (Å²) in [7, 11) is 0. The van der Waals surface area contributed by atoms with E-state index in [1.54, 1.807) is 0 Å². The van der Waals surface area contributed by atoms with Gasteiger partial charge in [-0.1, -0.05) is 63.6 Å². The highest BCUT2D eigenvalue weighted by atomic mass is 79.9. The van der Waals surface area contributed by atoms with Crippen molar-refractivity contribution in [3.05, 3.63) is 69.0 Å². The number of carbonyl (C=O) groups is 1. The van der Waals surface area contributed by atoms with Gasteiger partial charge in [0.2, 0.25) is 4.96 Å². The molecule has 2 aromatic carbocycles. The molecule has 4 aromatic rings. The molecule has 8 heteroatoms. The van der Waals surface area contributed by atoms with E-state index in [1.165, 1.54) is 23.1 Å². The Kier molecular flexibility index (Phi) is 5.13. The van der Waals surface area contributed by atoms with Crippen LogP contribution in [0, 0.1) is 0 Å². The van der Waals surface area contributed by atoms with Crippen molar-refractivity contribution in [2.45, 2.75) is 5.16 Å². The van der Waals surface area contributed by atoms with Gasteiger partial charge in [-0.2, -0.15) is 0 Å². The minimum Gasteiger partial charge on any atom is -0.293 e. The van der Waals surface area contributed by atoms with Crippen molar-refractivity contribution in [1.82, 2.24) is 14.6 Å². The second kappa shape index (κ2) is 7.52. The van der Waals surface area contributed by atoms with E-state index in [2.05, 4.69) is 26.1 Å². The first kappa shape index (κ1) is 17.7. The van der Waals surface area contributed by atoms with Crippen LogP contribution in [0.2, 0.25) is 5.02 Å². The molecule has 0 aliphatic rings. The lowest BCUT2D eigenvalue weighted by molar-refractivity contribution is 0.102. The molecular weight excluding hydrogens is 454 g/mol. The summed E-state index contributed by atoms with van der Waals surface area (Å²) >= 11 is 12.3. The Morgan fingerprint density at radius 1 is 1.12 bits per heavy atom. The molecule has 2 heterocycles. The van der Waals surface area contributed by atoms with Gasteiger partial charge in [0.25, 0.3) is 0 Å². The number of ketones is 1. The monoisotopic (exact) mass is 463 g/mol. The fraction of sp³-hybridized carbons (Fsp3) is 0.0556. The number of nitrogens with zero attached hydrogens (tertiary/aromatic N) is 3. The molecule has 0 N–H and O–H groups in total. The molecule has 4 nitrogen and oxygen atoms in total. The first-order valence-corrected chi connectivity index (χ1v) is 10.7. The average Bonchev–Trinajstić information content (AvgIpc) is 3.23. The fourth-order valence-corrected chi connectivity index (χ4v) is 4.58. The highest BCUT2D eigenvalue weighted by molar-refractivity contribution is 9.10. The molecule has 0 aliphatic carbocycles. The van der Waals surface area contributed by atoms with Crippen LogP contribution in [-0.2, 0) is 0 Å². The van der Waals surface area contributed by atoms with E-state index >= 15 is 0 Å². The van der Waals surface area contributed by atoms with Gasteiger partial charge in [-0.3, -0.25) is 9.20 Å². The Hall–Kier alpha value is -1.67. The Balaban J connectivity index is 1.59. The van der Waals surface area contributed by atoms with Crippen LogP contribution in [0.3, 0.4) is 0 Å². The quantitative estimate of drug-likeness (QED) is 0.275. The second-order valence-corrected chi connectivity index (χ2v) is 8.58. The Morgan fingerprint density at radius 2 is 1.85 bits per heavy atom. The number of halogens is 2. The molecule has 0 amide bonds. The third kappa shape index (κ3) is 3.57. The van der Waals surface area contributed by atoms with E-state index in [4.69, 9.17) is 11.6 Å².